The van der Waals surface area contributed by atoms with Crippen molar-refractivity contribution in [2.45, 2.75) is 39.3 Å². The zero-order chi connectivity index (χ0) is 18.8. The molecular formula is C22H22N2O3. The lowest BCUT2D eigenvalue weighted by Gasteiger charge is -2.14. The van der Waals surface area contributed by atoms with Gasteiger partial charge < -0.3 is 14.6 Å². The van der Waals surface area contributed by atoms with Gasteiger partial charge in [0.25, 0.3) is 5.91 Å². The number of nitrogens with one attached hydrogen (secondary N) is 1. The molecule has 0 aliphatic heterocycles. The van der Waals surface area contributed by atoms with Crippen LogP contribution in [0.4, 0.5) is 0 Å². The fourth-order valence-corrected chi connectivity index (χ4v) is 3.51. The highest BCUT2D eigenvalue weighted by atomic mass is 16.5. The summed E-state index contributed by atoms with van der Waals surface area (Å²) in [6.45, 7) is 4.16. The Morgan fingerprint density at radius 3 is 2.70 bits per heavy atom. The largest absolute Gasteiger partial charge is 0.489 e. The number of hydrogen-bond donors (Lipinski definition) is 1. The van der Waals surface area contributed by atoms with Crippen LogP contribution < -0.4 is 10.1 Å². The van der Waals surface area contributed by atoms with Gasteiger partial charge in [0.15, 0.2) is 0 Å². The lowest BCUT2D eigenvalue weighted by atomic mass is 10.1. The normalized spacial score (nSPS) is 15.4. The van der Waals surface area contributed by atoms with Crippen LogP contribution in [0.25, 0.3) is 0 Å². The highest BCUT2D eigenvalue weighted by Gasteiger charge is 2.23. The second kappa shape index (κ2) is 7.27. The van der Waals surface area contributed by atoms with E-state index in [2.05, 4.69) is 22.6 Å². The third-order valence-corrected chi connectivity index (χ3v) is 5.12. The Hall–Kier alpha value is -3.08. The van der Waals surface area contributed by atoms with Crippen molar-refractivity contribution in [3.8, 4) is 5.75 Å². The van der Waals surface area contributed by atoms with Gasteiger partial charge in [-0.05, 0) is 62.1 Å². The van der Waals surface area contributed by atoms with Crippen molar-refractivity contribution in [2.75, 3.05) is 0 Å². The molecule has 0 radical (unpaired) electrons. The van der Waals surface area contributed by atoms with E-state index >= 15 is 0 Å². The number of aromatic nitrogens is 1. The number of nitrogens with zero attached hydrogens (tertiary/aromatic N) is 1. The van der Waals surface area contributed by atoms with Crippen LogP contribution in [0.1, 0.15) is 51.0 Å². The number of ether oxygens (including phenoxy) is 1. The minimum Gasteiger partial charge on any atom is -0.489 e. The smallest absolute Gasteiger partial charge is 0.251 e. The molecule has 138 valence electrons. The van der Waals surface area contributed by atoms with Crippen LogP contribution in [0.2, 0.25) is 0 Å². The maximum absolute atomic E-state index is 12.6. The second-order valence-electron chi connectivity index (χ2n) is 6.88. The number of amides is 1. The van der Waals surface area contributed by atoms with Gasteiger partial charge in [-0.3, -0.25) is 4.79 Å². The van der Waals surface area contributed by atoms with E-state index in [0.29, 0.717) is 17.9 Å². The van der Waals surface area contributed by atoms with Crippen LogP contribution in [-0.2, 0) is 13.0 Å². The second-order valence-corrected chi connectivity index (χ2v) is 6.88. The van der Waals surface area contributed by atoms with Gasteiger partial charge in [0.05, 0.1) is 17.3 Å². The number of benzene rings is 2. The number of carbonyl (C=O) groups is 1. The first-order chi connectivity index (χ1) is 13.1. The van der Waals surface area contributed by atoms with Crippen LogP contribution in [0.5, 0.6) is 5.75 Å². The van der Waals surface area contributed by atoms with Crippen molar-refractivity contribution >= 4 is 5.91 Å². The van der Waals surface area contributed by atoms with E-state index in [-0.39, 0.29) is 11.9 Å². The summed E-state index contributed by atoms with van der Waals surface area (Å²) in [5.74, 6) is 1.41. The Balaban J connectivity index is 1.38. The summed E-state index contributed by atoms with van der Waals surface area (Å²) in [4.78, 5) is 12.6. The number of rotatable bonds is 5. The summed E-state index contributed by atoms with van der Waals surface area (Å²) < 4.78 is 10.9. The van der Waals surface area contributed by atoms with Crippen molar-refractivity contribution in [3.05, 3.63) is 82.2 Å². The van der Waals surface area contributed by atoms with E-state index < -0.39 is 0 Å². The van der Waals surface area contributed by atoms with E-state index in [1.165, 1.54) is 11.1 Å². The van der Waals surface area contributed by atoms with Crippen molar-refractivity contribution in [2.24, 2.45) is 0 Å². The molecule has 0 saturated carbocycles. The SMILES string of the molecule is Cc1noc(C)c1COc1ccc(C(=O)NC2CCc3ccccc32)cc1. The predicted octanol–water partition coefficient (Wildman–Crippen LogP) is 4.29. The third kappa shape index (κ3) is 3.58. The quantitative estimate of drug-likeness (QED) is 0.735. The molecule has 1 N–H and O–H groups in total. The molecule has 0 saturated heterocycles. The molecule has 27 heavy (non-hydrogen) atoms. The molecule has 0 spiro atoms. The standard InChI is InChI=1S/C22H22N2O3/c1-14-20(15(2)27-24-14)13-26-18-10-7-17(8-11-18)22(25)23-21-12-9-16-5-3-4-6-19(16)21/h3-8,10-11,21H,9,12-13H2,1-2H3,(H,23,25). The molecule has 1 amide bonds. The molecule has 2 aromatic carbocycles. The zero-order valence-electron chi connectivity index (χ0n) is 15.5. The monoisotopic (exact) mass is 362 g/mol. The van der Waals surface area contributed by atoms with Crippen molar-refractivity contribution in [3.63, 3.8) is 0 Å². The molecule has 5 nitrogen and oxygen atoms in total. The van der Waals surface area contributed by atoms with E-state index in [9.17, 15) is 4.79 Å². The summed E-state index contributed by atoms with van der Waals surface area (Å²) in [5.41, 5.74) is 4.97. The van der Waals surface area contributed by atoms with Crippen molar-refractivity contribution < 1.29 is 14.1 Å². The fraction of sp³-hybridized carbons (Fsp3) is 0.273. The molecule has 0 bridgehead atoms. The topological polar surface area (TPSA) is 64.4 Å². The van der Waals surface area contributed by atoms with Crippen molar-refractivity contribution in [1.29, 1.82) is 0 Å². The lowest BCUT2D eigenvalue weighted by Crippen LogP contribution is -2.27. The molecular weight excluding hydrogens is 340 g/mol. The predicted molar refractivity (Wildman–Crippen MR) is 102 cm³/mol. The van der Waals surface area contributed by atoms with Gasteiger partial charge in [0.2, 0.25) is 0 Å². The first kappa shape index (κ1) is 17.3. The number of hydrogen-bond acceptors (Lipinski definition) is 4. The number of carbonyl (C=O) groups excluding carboxylic acids is 1. The summed E-state index contributed by atoms with van der Waals surface area (Å²) in [6.07, 6.45) is 1.96. The maximum Gasteiger partial charge on any atom is 0.251 e. The summed E-state index contributed by atoms with van der Waals surface area (Å²) in [7, 11) is 0. The molecule has 0 fully saturated rings. The van der Waals surface area contributed by atoms with Gasteiger partial charge in [-0.15, -0.1) is 0 Å². The zero-order valence-corrected chi connectivity index (χ0v) is 15.5. The minimum atomic E-state index is -0.0611. The first-order valence-corrected chi connectivity index (χ1v) is 9.15. The Morgan fingerprint density at radius 2 is 1.96 bits per heavy atom. The Labute approximate surface area is 158 Å². The summed E-state index contributed by atoms with van der Waals surface area (Å²) in [6, 6.07) is 15.6. The molecule has 3 aromatic rings. The highest BCUT2D eigenvalue weighted by Crippen LogP contribution is 2.31. The number of fused-ring (bicyclic) bond motifs is 1. The average Bonchev–Trinajstić information content (AvgIpc) is 3.24. The molecule has 4 rings (SSSR count). The van der Waals surface area contributed by atoms with Gasteiger partial charge in [0.1, 0.15) is 18.1 Å². The molecule has 1 aliphatic carbocycles. The maximum atomic E-state index is 12.6. The Bertz CT molecular complexity index is 940. The first-order valence-electron chi connectivity index (χ1n) is 9.15. The number of aryl methyl sites for hydroxylation is 3. The minimum absolute atomic E-state index is 0.0611. The van der Waals surface area contributed by atoms with Gasteiger partial charge in [-0.1, -0.05) is 29.4 Å². The Morgan fingerprint density at radius 1 is 1.19 bits per heavy atom. The van der Waals surface area contributed by atoms with Gasteiger partial charge >= 0.3 is 0 Å². The van der Waals surface area contributed by atoms with Gasteiger partial charge in [-0.25, -0.2) is 0 Å². The fourth-order valence-electron chi connectivity index (χ4n) is 3.51. The third-order valence-electron chi connectivity index (χ3n) is 5.12. The van der Waals surface area contributed by atoms with Gasteiger partial charge in [0, 0.05) is 5.56 Å². The summed E-state index contributed by atoms with van der Waals surface area (Å²) in [5, 5.41) is 7.06. The molecule has 1 heterocycles. The van der Waals surface area contributed by atoms with Crippen LogP contribution in [-0.4, -0.2) is 11.1 Å². The average molecular weight is 362 g/mol. The van der Waals surface area contributed by atoms with E-state index in [1.54, 1.807) is 12.1 Å². The summed E-state index contributed by atoms with van der Waals surface area (Å²) >= 11 is 0. The van der Waals surface area contributed by atoms with Crippen LogP contribution >= 0.6 is 0 Å². The molecule has 1 aliphatic rings. The molecule has 1 aromatic heterocycles. The highest BCUT2D eigenvalue weighted by molar-refractivity contribution is 5.94. The van der Waals surface area contributed by atoms with Gasteiger partial charge in [-0.2, -0.15) is 0 Å². The van der Waals surface area contributed by atoms with Crippen LogP contribution in [0.15, 0.2) is 53.1 Å². The molecule has 5 heteroatoms. The van der Waals surface area contributed by atoms with Crippen LogP contribution in [0.3, 0.4) is 0 Å². The Kier molecular flexibility index (Phi) is 4.67. The van der Waals surface area contributed by atoms with E-state index in [4.69, 9.17) is 9.26 Å². The van der Waals surface area contributed by atoms with E-state index in [0.717, 1.165) is 29.9 Å². The van der Waals surface area contributed by atoms with Crippen LogP contribution in [0, 0.1) is 13.8 Å². The lowest BCUT2D eigenvalue weighted by molar-refractivity contribution is 0.0936. The molecule has 1 unspecified atom stereocenters. The van der Waals surface area contributed by atoms with E-state index in [1.807, 2.05) is 38.1 Å². The van der Waals surface area contributed by atoms with Crippen molar-refractivity contribution in [1.82, 2.24) is 10.5 Å². The molecule has 1 atom stereocenters.